The van der Waals surface area contributed by atoms with Gasteiger partial charge in [0.1, 0.15) is 18.1 Å². The largest absolute Gasteiger partial charge is 0.505 e. The fraction of sp³-hybridized carbons (Fsp3) is 0.464. The summed E-state index contributed by atoms with van der Waals surface area (Å²) in [6, 6.07) is 8.71. The van der Waals surface area contributed by atoms with E-state index in [1.165, 1.54) is 13.0 Å². The van der Waals surface area contributed by atoms with Gasteiger partial charge in [0.15, 0.2) is 17.6 Å². The zero-order valence-electron chi connectivity index (χ0n) is 21.5. The molecule has 1 heterocycles. The summed E-state index contributed by atoms with van der Waals surface area (Å²) in [5, 5.41) is 21.2. The van der Waals surface area contributed by atoms with Crippen LogP contribution in [0.5, 0.6) is 17.2 Å². The summed E-state index contributed by atoms with van der Waals surface area (Å²) in [4.78, 5) is 36.9. The Morgan fingerprint density at radius 3 is 2.55 bits per heavy atom. The van der Waals surface area contributed by atoms with Crippen molar-refractivity contribution in [3.8, 4) is 17.2 Å². The number of fused-ring (bicyclic) bond motifs is 1. The van der Waals surface area contributed by atoms with Crippen molar-refractivity contribution >= 4 is 17.8 Å². The smallest absolute Gasteiger partial charge is 0.329 e. The normalized spacial score (nSPS) is 20.4. The molecule has 204 valence electrons. The van der Waals surface area contributed by atoms with Gasteiger partial charge in [0, 0.05) is 26.1 Å². The van der Waals surface area contributed by atoms with E-state index in [2.05, 4.69) is 5.32 Å². The van der Waals surface area contributed by atoms with E-state index >= 15 is 0 Å². The molecule has 2 atom stereocenters. The van der Waals surface area contributed by atoms with Gasteiger partial charge >= 0.3 is 5.97 Å². The van der Waals surface area contributed by atoms with E-state index in [9.17, 15) is 29.0 Å². The number of benzene rings is 2. The molecule has 4 rings (SSSR count). The highest BCUT2D eigenvalue weighted by Gasteiger charge is 2.35. The van der Waals surface area contributed by atoms with E-state index < -0.39 is 29.5 Å². The fourth-order valence-electron chi connectivity index (χ4n) is 5.25. The average molecular weight is 529 g/mol. The molecule has 0 radical (unpaired) electrons. The summed E-state index contributed by atoms with van der Waals surface area (Å²) >= 11 is 0. The van der Waals surface area contributed by atoms with Crippen LogP contribution in [0.25, 0.3) is 0 Å². The highest BCUT2D eigenvalue weighted by atomic mass is 19.1. The molecule has 2 aromatic rings. The molecule has 0 saturated heterocycles. The Morgan fingerprint density at radius 1 is 1.16 bits per heavy atom. The van der Waals surface area contributed by atoms with Crippen LogP contribution in [0.2, 0.25) is 0 Å². The Bertz CT molecular complexity index is 1200. The van der Waals surface area contributed by atoms with Crippen molar-refractivity contribution in [1.29, 1.82) is 0 Å². The van der Waals surface area contributed by atoms with Crippen LogP contribution < -0.4 is 14.8 Å². The van der Waals surface area contributed by atoms with Crippen LogP contribution in [0.3, 0.4) is 0 Å². The van der Waals surface area contributed by atoms with Gasteiger partial charge in [0.25, 0.3) is 5.91 Å². The Hall–Kier alpha value is -3.82. The number of nitrogens with one attached hydrogen (secondary N) is 1. The number of amides is 2. The lowest BCUT2D eigenvalue weighted by Gasteiger charge is -2.34. The summed E-state index contributed by atoms with van der Waals surface area (Å²) in [6.07, 6.45) is 3.66. The molecular formula is C28H33FN2O7. The molecule has 0 aromatic heterocycles. The van der Waals surface area contributed by atoms with Gasteiger partial charge in [-0.2, -0.15) is 0 Å². The molecule has 2 amide bonds. The number of aromatic hydroxyl groups is 1. The summed E-state index contributed by atoms with van der Waals surface area (Å²) < 4.78 is 26.0. The lowest BCUT2D eigenvalue weighted by molar-refractivity contribution is -0.142. The van der Waals surface area contributed by atoms with E-state index in [1.54, 1.807) is 29.2 Å². The number of aliphatic carboxylic acids is 1. The standard InChI is InChI=1S/C28H33FN2O7/c1-16(38-22-5-3-4-21(12-22)37-15-23(28(35)36)30-17(2)32)19-8-6-18(7-9-19)13-31-14-20-10-11-24(33)26(29)25(20)27(31)34/h3-5,10-12,16,18-19,23,33H,6-9,13-15H2,1-2H3,(H,30,32)(H,35,36). The molecule has 2 aliphatic rings. The number of rotatable bonds is 10. The molecule has 3 N–H and O–H groups in total. The van der Waals surface area contributed by atoms with E-state index in [4.69, 9.17) is 9.47 Å². The van der Waals surface area contributed by atoms with Crippen molar-refractivity contribution in [3.63, 3.8) is 0 Å². The van der Waals surface area contributed by atoms with Gasteiger partial charge < -0.3 is 29.9 Å². The molecule has 10 heteroatoms. The van der Waals surface area contributed by atoms with Crippen molar-refractivity contribution in [3.05, 3.63) is 53.3 Å². The van der Waals surface area contributed by atoms with Crippen LogP contribution in [-0.4, -0.2) is 58.2 Å². The number of halogens is 1. The SMILES string of the molecule is CC(=O)NC(COc1cccc(OC(C)C2CCC(CN3Cc4ccc(O)c(F)c4C3=O)CC2)c1)C(=O)O. The number of ether oxygens (including phenoxy) is 2. The molecule has 0 bridgehead atoms. The monoisotopic (exact) mass is 528 g/mol. The maximum absolute atomic E-state index is 14.2. The van der Waals surface area contributed by atoms with Gasteiger partial charge in [-0.05, 0) is 68.2 Å². The maximum atomic E-state index is 14.2. The van der Waals surface area contributed by atoms with Crippen molar-refractivity contribution in [2.45, 2.75) is 58.2 Å². The quantitative estimate of drug-likeness (QED) is 0.429. The van der Waals surface area contributed by atoms with E-state index in [-0.39, 0.29) is 24.2 Å². The third kappa shape index (κ3) is 6.35. The minimum atomic E-state index is -1.18. The highest BCUT2D eigenvalue weighted by molar-refractivity contribution is 5.99. The lowest BCUT2D eigenvalue weighted by atomic mass is 9.79. The average Bonchev–Trinajstić information content (AvgIpc) is 3.19. The minimum Gasteiger partial charge on any atom is -0.505 e. The number of nitrogens with zero attached hydrogens (tertiary/aromatic N) is 1. The first-order valence-corrected chi connectivity index (χ1v) is 12.8. The summed E-state index contributed by atoms with van der Waals surface area (Å²) in [6.45, 7) is 3.98. The van der Waals surface area contributed by atoms with Gasteiger partial charge in [-0.15, -0.1) is 0 Å². The van der Waals surface area contributed by atoms with E-state index in [1.807, 2.05) is 13.0 Å². The summed E-state index contributed by atoms with van der Waals surface area (Å²) in [5.41, 5.74) is 0.598. The highest BCUT2D eigenvalue weighted by Crippen LogP contribution is 2.36. The first-order chi connectivity index (χ1) is 18.1. The molecule has 9 nitrogen and oxygen atoms in total. The van der Waals surface area contributed by atoms with E-state index in [0.29, 0.717) is 42.0 Å². The van der Waals surface area contributed by atoms with Gasteiger partial charge in [-0.1, -0.05) is 12.1 Å². The lowest BCUT2D eigenvalue weighted by Crippen LogP contribution is -2.43. The van der Waals surface area contributed by atoms with Crippen LogP contribution in [0.15, 0.2) is 36.4 Å². The zero-order chi connectivity index (χ0) is 27.4. The van der Waals surface area contributed by atoms with Crippen LogP contribution >= 0.6 is 0 Å². The number of hydrogen-bond donors (Lipinski definition) is 3. The molecule has 0 spiro atoms. The van der Waals surface area contributed by atoms with E-state index in [0.717, 1.165) is 25.7 Å². The van der Waals surface area contributed by atoms with Crippen LogP contribution in [0, 0.1) is 17.7 Å². The van der Waals surface area contributed by atoms with Crippen molar-refractivity contribution in [1.82, 2.24) is 10.2 Å². The first kappa shape index (κ1) is 27.2. The van der Waals surface area contributed by atoms with Gasteiger partial charge in [-0.25, -0.2) is 9.18 Å². The van der Waals surface area contributed by atoms with Gasteiger partial charge in [-0.3, -0.25) is 9.59 Å². The Morgan fingerprint density at radius 2 is 1.87 bits per heavy atom. The number of carbonyl (C=O) groups excluding carboxylic acids is 2. The van der Waals surface area contributed by atoms with Crippen LogP contribution in [0.4, 0.5) is 4.39 Å². The third-order valence-corrected chi connectivity index (χ3v) is 7.32. The molecule has 1 aliphatic carbocycles. The molecule has 2 unspecified atom stereocenters. The van der Waals surface area contributed by atoms with Crippen LogP contribution in [0.1, 0.15) is 55.5 Å². The zero-order valence-corrected chi connectivity index (χ0v) is 21.5. The van der Waals surface area contributed by atoms with Gasteiger partial charge in [0.05, 0.1) is 11.7 Å². The first-order valence-electron chi connectivity index (χ1n) is 12.8. The fourth-order valence-corrected chi connectivity index (χ4v) is 5.25. The molecule has 2 aromatic carbocycles. The molecule has 1 saturated carbocycles. The Kier molecular flexibility index (Phi) is 8.38. The molecule has 1 aliphatic heterocycles. The number of hydrogen-bond acceptors (Lipinski definition) is 6. The maximum Gasteiger partial charge on any atom is 0.329 e. The second-order valence-corrected chi connectivity index (χ2v) is 10.1. The summed E-state index contributed by atoms with van der Waals surface area (Å²) in [7, 11) is 0. The van der Waals surface area contributed by atoms with Crippen LogP contribution in [-0.2, 0) is 16.1 Å². The predicted octanol–water partition coefficient (Wildman–Crippen LogP) is 3.73. The van der Waals surface area contributed by atoms with Gasteiger partial charge in [0.2, 0.25) is 5.91 Å². The minimum absolute atomic E-state index is 0.0134. The number of carboxylic acid groups (broad SMARTS) is 1. The number of phenols is 1. The van der Waals surface area contributed by atoms with Crippen molar-refractivity contribution < 1.29 is 38.5 Å². The molecule has 38 heavy (non-hydrogen) atoms. The third-order valence-electron chi connectivity index (χ3n) is 7.32. The second-order valence-electron chi connectivity index (χ2n) is 10.1. The topological polar surface area (TPSA) is 125 Å². The van der Waals surface area contributed by atoms with Crippen molar-refractivity contribution in [2.75, 3.05) is 13.2 Å². The molecule has 1 fully saturated rings. The predicted molar refractivity (Wildman–Crippen MR) is 136 cm³/mol. The number of carbonyl (C=O) groups is 3. The second kappa shape index (κ2) is 11.7. The van der Waals surface area contributed by atoms with Crippen molar-refractivity contribution in [2.24, 2.45) is 11.8 Å². The number of carboxylic acids is 1. The Labute approximate surface area is 220 Å². The number of phenolic OH excluding ortho intramolecular Hbond substituents is 1. The molecular weight excluding hydrogens is 495 g/mol. The Balaban J connectivity index is 1.25. The summed E-state index contributed by atoms with van der Waals surface area (Å²) in [5.74, 6) is -1.64.